The van der Waals surface area contributed by atoms with Crippen molar-refractivity contribution in [3.63, 3.8) is 0 Å². The van der Waals surface area contributed by atoms with Crippen LogP contribution in [-0.2, 0) is 13.0 Å². The molecule has 6 heteroatoms. The largest absolute Gasteiger partial charge is 0.382 e. The molecule has 2 heterocycles. The number of carbonyl (C=O) groups is 1. The molecule has 1 amide bonds. The normalized spacial score (nSPS) is 16.3. The first kappa shape index (κ1) is 19.1. The van der Waals surface area contributed by atoms with Gasteiger partial charge in [-0.05, 0) is 36.7 Å². The molecule has 2 N–H and O–H groups in total. The van der Waals surface area contributed by atoms with Crippen molar-refractivity contribution < 1.29 is 4.79 Å². The molecule has 0 saturated heterocycles. The summed E-state index contributed by atoms with van der Waals surface area (Å²) in [4.78, 5) is 25.4. The van der Waals surface area contributed by atoms with Gasteiger partial charge in [-0.1, -0.05) is 36.4 Å². The molecule has 29 heavy (non-hydrogen) atoms. The predicted octanol–water partition coefficient (Wildman–Crippen LogP) is 2.85. The van der Waals surface area contributed by atoms with Crippen molar-refractivity contribution in [2.45, 2.75) is 19.0 Å². The van der Waals surface area contributed by atoms with Crippen LogP contribution in [0.25, 0.3) is 11.3 Å². The van der Waals surface area contributed by atoms with Crippen LogP contribution < -0.4 is 5.73 Å². The molecule has 1 unspecified atom stereocenters. The number of nitrogens with two attached hydrogens (primary N) is 1. The minimum atomic E-state index is 0.0162. The summed E-state index contributed by atoms with van der Waals surface area (Å²) in [6.07, 6.45) is 4.13. The van der Waals surface area contributed by atoms with Gasteiger partial charge in [0.05, 0.1) is 18.1 Å². The Labute approximate surface area is 171 Å². The van der Waals surface area contributed by atoms with Crippen LogP contribution in [0.4, 0.5) is 5.82 Å². The van der Waals surface area contributed by atoms with Gasteiger partial charge in [-0.3, -0.25) is 14.7 Å². The maximum atomic E-state index is 12.9. The molecule has 0 fully saturated rings. The molecule has 0 bridgehead atoms. The summed E-state index contributed by atoms with van der Waals surface area (Å²) < 4.78 is 0. The summed E-state index contributed by atoms with van der Waals surface area (Å²) in [5.41, 5.74) is 10.7. The highest BCUT2D eigenvalue weighted by Gasteiger charge is 2.25. The maximum Gasteiger partial charge on any atom is 0.253 e. The lowest BCUT2D eigenvalue weighted by molar-refractivity contribution is 0.0733. The first-order chi connectivity index (χ1) is 14.0. The van der Waals surface area contributed by atoms with E-state index < -0.39 is 0 Å². The second-order valence-electron chi connectivity index (χ2n) is 7.63. The summed E-state index contributed by atoms with van der Waals surface area (Å²) in [5.74, 6) is 0.392. The van der Waals surface area contributed by atoms with Crippen molar-refractivity contribution in [2.24, 2.45) is 0 Å². The number of nitrogens with zero attached hydrogens (tertiary/aromatic N) is 4. The number of benzene rings is 2. The minimum Gasteiger partial charge on any atom is -0.382 e. The fraction of sp³-hybridized carbons (Fsp3) is 0.261. The molecule has 1 atom stereocenters. The van der Waals surface area contributed by atoms with Gasteiger partial charge in [-0.15, -0.1) is 0 Å². The van der Waals surface area contributed by atoms with Crippen LogP contribution in [0.1, 0.15) is 21.5 Å². The van der Waals surface area contributed by atoms with Gasteiger partial charge in [0.15, 0.2) is 0 Å². The zero-order valence-corrected chi connectivity index (χ0v) is 16.7. The predicted molar refractivity (Wildman–Crippen MR) is 114 cm³/mol. The number of nitrogen functional groups attached to an aromatic ring is 1. The summed E-state index contributed by atoms with van der Waals surface area (Å²) in [5, 5.41) is 0. The molecule has 0 spiro atoms. The van der Waals surface area contributed by atoms with E-state index in [2.05, 4.69) is 46.2 Å². The van der Waals surface area contributed by atoms with Crippen molar-refractivity contribution >= 4 is 11.7 Å². The van der Waals surface area contributed by atoms with E-state index in [1.165, 1.54) is 17.3 Å². The van der Waals surface area contributed by atoms with E-state index in [-0.39, 0.29) is 5.91 Å². The fourth-order valence-corrected chi connectivity index (χ4v) is 3.85. The van der Waals surface area contributed by atoms with E-state index in [1.54, 1.807) is 6.20 Å². The van der Waals surface area contributed by atoms with Gasteiger partial charge in [-0.25, -0.2) is 4.98 Å². The quantitative estimate of drug-likeness (QED) is 0.745. The van der Waals surface area contributed by atoms with Crippen LogP contribution in [-0.4, -0.2) is 52.4 Å². The Hall–Kier alpha value is -3.25. The molecular formula is C23H25N5O. The third-order valence-corrected chi connectivity index (χ3v) is 5.53. The number of hydrogen-bond donors (Lipinski definition) is 1. The SMILES string of the molecule is CN(CC1Cc2ccccc2CN1C)C(=O)c1ccc(-c2cncc(N)n2)cc1. The van der Waals surface area contributed by atoms with Crippen molar-refractivity contribution in [3.05, 3.63) is 77.6 Å². The highest BCUT2D eigenvalue weighted by atomic mass is 16.2. The van der Waals surface area contributed by atoms with Gasteiger partial charge in [0.1, 0.15) is 5.82 Å². The van der Waals surface area contributed by atoms with Gasteiger partial charge in [-0.2, -0.15) is 0 Å². The average molecular weight is 387 g/mol. The highest BCUT2D eigenvalue weighted by Crippen LogP contribution is 2.23. The standard InChI is InChI=1S/C23H25N5O/c1-27-14-19-6-4-3-5-18(19)11-20(27)15-28(2)23(29)17-9-7-16(8-10-17)21-12-25-13-22(24)26-21/h3-10,12-13,20H,11,14-15H2,1-2H3,(H2,24,26). The van der Waals surface area contributed by atoms with E-state index in [0.717, 1.165) is 18.5 Å². The lowest BCUT2D eigenvalue weighted by atomic mass is 9.94. The average Bonchev–Trinajstić information content (AvgIpc) is 2.74. The molecule has 1 aliphatic rings. The van der Waals surface area contributed by atoms with Gasteiger partial charge in [0.2, 0.25) is 0 Å². The lowest BCUT2D eigenvalue weighted by Gasteiger charge is -2.36. The second-order valence-corrected chi connectivity index (χ2v) is 7.63. The van der Waals surface area contributed by atoms with Crippen LogP contribution in [0.5, 0.6) is 0 Å². The number of fused-ring (bicyclic) bond motifs is 1. The Morgan fingerprint density at radius 1 is 1.14 bits per heavy atom. The molecular weight excluding hydrogens is 362 g/mol. The number of likely N-dealkylation sites (N-methyl/N-ethyl adjacent to an activating group) is 2. The smallest absolute Gasteiger partial charge is 0.253 e. The van der Waals surface area contributed by atoms with Gasteiger partial charge < -0.3 is 10.6 Å². The van der Waals surface area contributed by atoms with E-state index in [4.69, 9.17) is 5.73 Å². The van der Waals surface area contributed by atoms with Gasteiger partial charge >= 0.3 is 0 Å². The first-order valence-electron chi connectivity index (χ1n) is 9.71. The Balaban J connectivity index is 1.44. The minimum absolute atomic E-state index is 0.0162. The first-order valence-corrected chi connectivity index (χ1v) is 9.71. The van der Waals surface area contributed by atoms with Gasteiger partial charge in [0.25, 0.3) is 5.91 Å². The number of hydrogen-bond acceptors (Lipinski definition) is 5. The number of carbonyl (C=O) groups excluding carboxylic acids is 1. The third kappa shape index (κ3) is 4.12. The molecule has 148 valence electrons. The molecule has 0 radical (unpaired) electrons. The van der Waals surface area contributed by atoms with Crippen LogP contribution in [0, 0.1) is 0 Å². The number of amides is 1. The van der Waals surface area contributed by atoms with Crippen LogP contribution in [0.15, 0.2) is 60.9 Å². The van der Waals surface area contributed by atoms with Crippen LogP contribution in [0.2, 0.25) is 0 Å². The number of rotatable bonds is 4. The fourth-order valence-electron chi connectivity index (χ4n) is 3.85. The molecule has 1 aliphatic heterocycles. The lowest BCUT2D eigenvalue weighted by Crippen LogP contribution is -2.46. The molecule has 2 aromatic carbocycles. The van der Waals surface area contributed by atoms with Crippen molar-refractivity contribution in [1.29, 1.82) is 0 Å². The highest BCUT2D eigenvalue weighted by molar-refractivity contribution is 5.94. The summed E-state index contributed by atoms with van der Waals surface area (Å²) >= 11 is 0. The van der Waals surface area contributed by atoms with Gasteiger partial charge in [0, 0.05) is 37.3 Å². The molecule has 0 aliphatic carbocycles. The monoisotopic (exact) mass is 387 g/mol. The number of aromatic nitrogens is 2. The number of anilines is 1. The third-order valence-electron chi connectivity index (χ3n) is 5.53. The summed E-state index contributed by atoms with van der Waals surface area (Å²) in [6, 6.07) is 16.3. The maximum absolute atomic E-state index is 12.9. The second kappa shape index (κ2) is 8.01. The zero-order chi connectivity index (χ0) is 20.4. The molecule has 0 saturated carbocycles. The topological polar surface area (TPSA) is 75.3 Å². The summed E-state index contributed by atoms with van der Waals surface area (Å²) in [6.45, 7) is 1.60. The zero-order valence-electron chi connectivity index (χ0n) is 16.7. The van der Waals surface area contributed by atoms with E-state index in [0.29, 0.717) is 29.7 Å². The van der Waals surface area contributed by atoms with Crippen molar-refractivity contribution in [3.8, 4) is 11.3 Å². The Morgan fingerprint density at radius 3 is 2.59 bits per heavy atom. The Morgan fingerprint density at radius 2 is 1.86 bits per heavy atom. The van der Waals surface area contributed by atoms with E-state index >= 15 is 0 Å². The Bertz CT molecular complexity index is 1020. The molecule has 4 rings (SSSR count). The Kier molecular flexibility index (Phi) is 5.27. The van der Waals surface area contributed by atoms with Crippen LogP contribution >= 0.6 is 0 Å². The van der Waals surface area contributed by atoms with E-state index in [9.17, 15) is 4.79 Å². The summed E-state index contributed by atoms with van der Waals surface area (Å²) in [7, 11) is 3.99. The molecule has 6 nitrogen and oxygen atoms in total. The van der Waals surface area contributed by atoms with Crippen molar-refractivity contribution in [2.75, 3.05) is 26.4 Å². The molecule has 1 aromatic heterocycles. The van der Waals surface area contributed by atoms with E-state index in [1.807, 2.05) is 36.2 Å². The van der Waals surface area contributed by atoms with Crippen molar-refractivity contribution in [1.82, 2.24) is 19.8 Å². The molecule has 3 aromatic rings. The van der Waals surface area contributed by atoms with Crippen LogP contribution in [0.3, 0.4) is 0 Å².